The van der Waals surface area contributed by atoms with Crippen LogP contribution in [0.25, 0.3) is 28.0 Å². The molecule has 0 saturated heterocycles. The van der Waals surface area contributed by atoms with Crippen LogP contribution in [0.3, 0.4) is 0 Å². The van der Waals surface area contributed by atoms with E-state index in [9.17, 15) is 4.79 Å². The van der Waals surface area contributed by atoms with Gasteiger partial charge in [0.1, 0.15) is 0 Å². The molecule has 2 nitrogen and oxygen atoms in total. The number of carboxylic acids is 1. The van der Waals surface area contributed by atoms with Gasteiger partial charge in [-0.3, -0.25) is 0 Å². The van der Waals surface area contributed by atoms with Crippen LogP contribution in [0, 0.1) is 6.92 Å². The van der Waals surface area contributed by atoms with Crippen molar-refractivity contribution in [1.82, 2.24) is 0 Å². The summed E-state index contributed by atoms with van der Waals surface area (Å²) in [5.41, 5.74) is 4.38. The van der Waals surface area contributed by atoms with E-state index in [1.54, 1.807) is 6.08 Å². The van der Waals surface area contributed by atoms with Gasteiger partial charge in [0.25, 0.3) is 0 Å². The van der Waals surface area contributed by atoms with Crippen molar-refractivity contribution in [2.24, 2.45) is 0 Å². The maximum atomic E-state index is 10.7. The maximum Gasteiger partial charge on any atom is 0.328 e. The van der Waals surface area contributed by atoms with Gasteiger partial charge in [-0.05, 0) is 52.1 Å². The van der Waals surface area contributed by atoms with Crippen LogP contribution >= 0.6 is 0 Å². The molecule has 0 aromatic heterocycles. The SMILES string of the molecule is Cc1ccc(-c2cccc(C=CC(=O)O)c2)c2ccccc12. The third-order valence-corrected chi connectivity index (χ3v) is 3.76. The van der Waals surface area contributed by atoms with E-state index in [1.807, 2.05) is 30.3 Å². The summed E-state index contributed by atoms with van der Waals surface area (Å²) in [6, 6.07) is 20.5. The fourth-order valence-electron chi connectivity index (χ4n) is 2.68. The van der Waals surface area contributed by atoms with E-state index in [-0.39, 0.29) is 0 Å². The number of carbonyl (C=O) groups is 1. The van der Waals surface area contributed by atoms with Crippen molar-refractivity contribution in [1.29, 1.82) is 0 Å². The number of aryl methyl sites for hydroxylation is 1. The minimum atomic E-state index is -0.939. The van der Waals surface area contributed by atoms with Gasteiger partial charge in [0.15, 0.2) is 0 Å². The summed E-state index contributed by atoms with van der Waals surface area (Å²) in [5, 5.41) is 11.2. The Labute approximate surface area is 129 Å². The van der Waals surface area contributed by atoms with Gasteiger partial charge in [0, 0.05) is 6.08 Å². The second-order valence-electron chi connectivity index (χ2n) is 5.27. The van der Waals surface area contributed by atoms with Crippen LogP contribution < -0.4 is 0 Å². The van der Waals surface area contributed by atoms with Crippen molar-refractivity contribution >= 4 is 22.8 Å². The number of rotatable bonds is 3. The summed E-state index contributed by atoms with van der Waals surface area (Å²) in [6.07, 6.45) is 2.77. The second kappa shape index (κ2) is 5.86. The Bertz CT molecular complexity index is 876. The molecule has 3 aromatic carbocycles. The fourth-order valence-corrected chi connectivity index (χ4v) is 2.68. The lowest BCUT2D eigenvalue weighted by Crippen LogP contribution is -1.87. The first-order chi connectivity index (χ1) is 10.6. The summed E-state index contributed by atoms with van der Waals surface area (Å²) in [7, 11) is 0. The average molecular weight is 288 g/mol. The number of hydrogen-bond donors (Lipinski definition) is 1. The van der Waals surface area contributed by atoms with Crippen molar-refractivity contribution in [3.63, 3.8) is 0 Å². The zero-order valence-corrected chi connectivity index (χ0v) is 12.3. The van der Waals surface area contributed by atoms with Gasteiger partial charge < -0.3 is 5.11 Å². The van der Waals surface area contributed by atoms with E-state index in [4.69, 9.17) is 5.11 Å². The molecule has 0 bridgehead atoms. The van der Waals surface area contributed by atoms with Gasteiger partial charge in [-0.15, -0.1) is 0 Å². The Morgan fingerprint density at radius 3 is 2.50 bits per heavy atom. The lowest BCUT2D eigenvalue weighted by atomic mass is 9.94. The van der Waals surface area contributed by atoms with Crippen LogP contribution in [-0.4, -0.2) is 11.1 Å². The van der Waals surface area contributed by atoms with Crippen molar-refractivity contribution in [2.45, 2.75) is 6.92 Å². The summed E-state index contributed by atoms with van der Waals surface area (Å²) < 4.78 is 0. The first-order valence-corrected chi connectivity index (χ1v) is 7.15. The lowest BCUT2D eigenvalue weighted by molar-refractivity contribution is -0.131. The second-order valence-corrected chi connectivity index (χ2v) is 5.27. The van der Waals surface area contributed by atoms with Crippen molar-refractivity contribution in [2.75, 3.05) is 0 Å². The highest BCUT2D eigenvalue weighted by Crippen LogP contribution is 2.31. The molecule has 0 aliphatic rings. The zero-order chi connectivity index (χ0) is 15.5. The van der Waals surface area contributed by atoms with Gasteiger partial charge in [0.2, 0.25) is 0 Å². The largest absolute Gasteiger partial charge is 0.478 e. The minimum absolute atomic E-state index is 0.879. The summed E-state index contributed by atoms with van der Waals surface area (Å²) in [4.78, 5) is 10.7. The highest BCUT2D eigenvalue weighted by Gasteiger charge is 2.05. The van der Waals surface area contributed by atoms with Crippen LogP contribution in [0.5, 0.6) is 0 Å². The predicted molar refractivity (Wildman–Crippen MR) is 90.8 cm³/mol. The third-order valence-electron chi connectivity index (χ3n) is 3.76. The first kappa shape index (κ1) is 14.1. The molecule has 0 spiro atoms. The van der Waals surface area contributed by atoms with Crippen molar-refractivity contribution in [3.05, 3.63) is 77.9 Å². The number of carboxylic acid groups (broad SMARTS) is 1. The molecule has 1 N–H and O–H groups in total. The maximum absolute atomic E-state index is 10.7. The number of aliphatic carboxylic acids is 1. The molecule has 2 heteroatoms. The molecule has 0 radical (unpaired) electrons. The predicted octanol–water partition coefficient (Wildman–Crippen LogP) is 4.91. The van der Waals surface area contributed by atoms with E-state index in [2.05, 4.69) is 37.3 Å². The monoisotopic (exact) mass is 288 g/mol. The number of hydrogen-bond acceptors (Lipinski definition) is 1. The molecule has 22 heavy (non-hydrogen) atoms. The molecule has 0 atom stereocenters. The molecule has 0 saturated carbocycles. The van der Waals surface area contributed by atoms with Crippen LogP contribution in [0.1, 0.15) is 11.1 Å². The molecule has 108 valence electrons. The highest BCUT2D eigenvalue weighted by atomic mass is 16.4. The van der Waals surface area contributed by atoms with Crippen molar-refractivity contribution in [3.8, 4) is 11.1 Å². The lowest BCUT2D eigenvalue weighted by Gasteiger charge is -2.10. The molecule has 0 aliphatic carbocycles. The Kier molecular flexibility index (Phi) is 3.75. The van der Waals surface area contributed by atoms with E-state index in [1.165, 1.54) is 16.3 Å². The summed E-state index contributed by atoms with van der Waals surface area (Å²) in [5.74, 6) is -0.939. The molecule has 0 amide bonds. The topological polar surface area (TPSA) is 37.3 Å². The average Bonchev–Trinajstić information content (AvgIpc) is 2.54. The molecule has 0 heterocycles. The van der Waals surface area contributed by atoms with Gasteiger partial charge in [-0.1, -0.05) is 54.6 Å². The molecule has 0 aliphatic heterocycles. The summed E-state index contributed by atoms with van der Waals surface area (Å²) in [6.45, 7) is 2.11. The smallest absolute Gasteiger partial charge is 0.328 e. The Morgan fingerprint density at radius 2 is 1.73 bits per heavy atom. The molecular weight excluding hydrogens is 272 g/mol. The Morgan fingerprint density at radius 1 is 0.955 bits per heavy atom. The van der Waals surface area contributed by atoms with Gasteiger partial charge in [0.05, 0.1) is 0 Å². The first-order valence-electron chi connectivity index (χ1n) is 7.15. The van der Waals surface area contributed by atoms with Crippen LogP contribution in [0.2, 0.25) is 0 Å². The summed E-state index contributed by atoms with van der Waals surface area (Å²) >= 11 is 0. The van der Waals surface area contributed by atoms with E-state index in [0.717, 1.165) is 22.8 Å². The standard InChI is InChI=1S/C20H16O2/c1-14-9-11-18(19-8-3-2-7-17(14)19)16-6-4-5-15(13-16)10-12-20(21)22/h2-13H,1H3,(H,21,22). The van der Waals surface area contributed by atoms with Crippen molar-refractivity contribution < 1.29 is 9.90 Å². The quantitative estimate of drug-likeness (QED) is 0.695. The van der Waals surface area contributed by atoms with Gasteiger partial charge >= 0.3 is 5.97 Å². The Balaban J connectivity index is 2.14. The molecule has 3 rings (SSSR count). The molecule has 0 fully saturated rings. The van der Waals surface area contributed by atoms with E-state index >= 15 is 0 Å². The van der Waals surface area contributed by atoms with E-state index < -0.39 is 5.97 Å². The van der Waals surface area contributed by atoms with E-state index in [0.29, 0.717) is 0 Å². The van der Waals surface area contributed by atoms with Gasteiger partial charge in [-0.2, -0.15) is 0 Å². The number of benzene rings is 3. The van der Waals surface area contributed by atoms with Gasteiger partial charge in [-0.25, -0.2) is 4.79 Å². The van der Waals surface area contributed by atoms with Crippen LogP contribution in [0.15, 0.2) is 66.7 Å². The molecular formula is C20H16O2. The highest BCUT2D eigenvalue weighted by molar-refractivity contribution is 5.98. The van der Waals surface area contributed by atoms with Crippen LogP contribution in [0.4, 0.5) is 0 Å². The number of fused-ring (bicyclic) bond motifs is 1. The third kappa shape index (κ3) is 2.77. The van der Waals surface area contributed by atoms with Crippen LogP contribution in [-0.2, 0) is 4.79 Å². The molecule has 3 aromatic rings. The zero-order valence-electron chi connectivity index (χ0n) is 12.3. The minimum Gasteiger partial charge on any atom is -0.478 e. The molecule has 0 unspecified atom stereocenters. The fraction of sp³-hybridized carbons (Fsp3) is 0.0500. The Hall–Kier alpha value is -2.87. The normalized spacial score (nSPS) is 11.1.